The van der Waals surface area contributed by atoms with Gasteiger partial charge in [0.25, 0.3) is 5.69 Å². The molecule has 0 atom stereocenters. The van der Waals surface area contributed by atoms with Gasteiger partial charge >= 0.3 is 0 Å². The number of halogens is 1. The molecule has 0 fully saturated rings. The molecule has 0 saturated heterocycles. The van der Waals surface area contributed by atoms with E-state index >= 15 is 0 Å². The Bertz CT molecular complexity index is 1320. The standard InChI is InChI=1S/C28H20BrN3O2/c29-26-20-31(30-27(26)21-16-18-25(19-17-21)32(33)34)28(22-10-4-1-5-11-22,23-12-6-2-7-13-23)24-14-8-3-9-15-24/h1-20H. The molecule has 5 aromatic rings. The maximum atomic E-state index is 11.1. The normalized spacial score (nSPS) is 11.3. The van der Waals surface area contributed by atoms with Crippen LogP contribution in [0.1, 0.15) is 16.7 Å². The van der Waals surface area contributed by atoms with Gasteiger partial charge < -0.3 is 0 Å². The van der Waals surface area contributed by atoms with E-state index < -0.39 is 10.5 Å². The molecule has 0 N–H and O–H groups in total. The molecule has 0 radical (unpaired) electrons. The molecule has 0 spiro atoms. The lowest BCUT2D eigenvalue weighted by Crippen LogP contribution is -2.38. The Hall–Kier alpha value is -4.03. The third-order valence-electron chi connectivity index (χ3n) is 5.94. The van der Waals surface area contributed by atoms with E-state index in [2.05, 4.69) is 52.3 Å². The van der Waals surface area contributed by atoms with Crippen molar-refractivity contribution in [3.05, 3.63) is 153 Å². The minimum atomic E-state index is -0.731. The van der Waals surface area contributed by atoms with Crippen molar-refractivity contribution in [2.24, 2.45) is 0 Å². The first kappa shape index (κ1) is 21.8. The highest BCUT2D eigenvalue weighted by Crippen LogP contribution is 2.42. The maximum absolute atomic E-state index is 11.1. The van der Waals surface area contributed by atoms with Crippen molar-refractivity contribution < 1.29 is 4.92 Å². The van der Waals surface area contributed by atoms with Crippen LogP contribution in [-0.2, 0) is 5.54 Å². The van der Waals surface area contributed by atoms with Crippen LogP contribution in [0.2, 0.25) is 0 Å². The molecule has 166 valence electrons. The molecule has 5 rings (SSSR count). The number of non-ortho nitro benzene ring substituents is 1. The van der Waals surface area contributed by atoms with Gasteiger partial charge in [-0.3, -0.25) is 14.8 Å². The minimum Gasteiger partial charge on any atom is -0.258 e. The second-order valence-electron chi connectivity index (χ2n) is 7.88. The summed E-state index contributed by atoms with van der Waals surface area (Å²) in [6, 6.07) is 37.3. The Morgan fingerprint density at radius 1 is 0.706 bits per heavy atom. The van der Waals surface area contributed by atoms with Gasteiger partial charge in [-0.25, -0.2) is 0 Å². The molecular weight excluding hydrogens is 490 g/mol. The lowest BCUT2D eigenvalue weighted by molar-refractivity contribution is -0.384. The second kappa shape index (κ2) is 9.08. The fraction of sp³-hybridized carbons (Fsp3) is 0.0357. The van der Waals surface area contributed by atoms with Crippen LogP contribution in [0.25, 0.3) is 11.3 Å². The van der Waals surface area contributed by atoms with Crippen LogP contribution >= 0.6 is 15.9 Å². The molecule has 5 nitrogen and oxygen atoms in total. The minimum absolute atomic E-state index is 0.0477. The summed E-state index contributed by atoms with van der Waals surface area (Å²) in [6.45, 7) is 0. The molecule has 1 heterocycles. The fourth-order valence-electron chi connectivity index (χ4n) is 4.40. The molecule has 0 aliphatic heterocycles. The molecule has 6 heteroatoms. The molecule has 0 amide bonds. The summed E-state index contributed by atoms with van der Waals surface area (Å²) in [4.78, 5) is 10.7. The molecule has 4 aromatic carbocycles. The van der Waals surface area contributed by atoms with Crippen molar-refractivity contribution in [1.82, 2.24) is 9.78 Å². The van der Waals surface area contributed by atoms with Crippen molar-refractivity contribution >= 4 is 21.6 Å². The largest absolute Gasteiger partial charge is 0.269 e. The Kier molecular flexibility index (Phi) is 5.82. The van der Waals surface area contributed by atoms with E-state index in [0.29, 0.717) is 5.69 Å². The third kappa shape index (κ3) is 3.72. The SMILES string of the molecule is O=[N+]([O-])c1ccc(-c2nn(C(c3ccccc3)(c3ccccc3)c3ccccc3)cc2Br)cc1. The lowest BCUT2D eigenvalue weighted by Gasteiger charge is -2.36. The number of hydrogen-bond donors (Lipinski definition) is 0. The molecule has 1 aromatic heterocycles. The van der Waals surface area contributed by atoms with Crippen LogP contribution in [0.5, 0.6) is 0 Å². The Balaban J connectivity index is 1.79. The van der Waals surface area contributed by atoms with Crippen molar-refractivity contribution in [1.29, 1.82) is 0 Å². The summed E-state index contributed by atoms with van der Waals surface area (Å²) >= 11 is 3.69. The molecule has 34 heavy (non-hydrogen) atoms. The van der Waals surface area contributed by atoms with Gasteiger partial charge in [0.15, 0.2) is 0 Å². The van der Waals surface area contributed by atoms with E-state index in [1.165, 1.54) is 12.1 Å². The summed E-state index contributed by atoms with van der Waals surface area (Å²) in [7, 11) is 0. The van der Waals surface area contributed by atoms with Gasteiger partial charge in [-0.1, -0.05) is 91.0 Å². The van der Waals surface area contributed by atoms with Gasteiger partial charge in [-0.05, 0) is 44.8 Å². The number of benzene rings is 4. The first-order valence-corrected chi connectivity index (χ1v) is 11.6. The van der Waals surface area contributed by atoms with Crippen molar-refractivity contribution in [3.63, 3.8) is 0 Å². The highest BCUT2D eigenvalue weighted by molar-refractivity contribution is 9.10. The lowest BCUT2D eigenvalue weighted by atomic mass is 9.77. The number of nitro groups is 1. The zero-order valence-electron chi connectivity index (χ0n) is 18.1. The number of nitrogens with zero attached hydrogens (tertiary/aromatic N) is 3. The molecule has 0 aliphatic rings. The zero-order chi connectivity index (χ0) is 23.5. The summed E-state index contributed by atoms with van der Waals surface area (Å²) in [5.41, 5.74) is 4.02. The predicted octanol–water partition coefficient (Wildman–Crippen LogP) is 7.06. The van der Waals surface area contributed by atoms with E-state index in [1.54, 1.807) is 12.1 Å². The second-order valence-corrected chi connectivity index (χ2v) is 8.74. The van der Waals surface area contributed by atoms with Crippen LogP contribution in [0, 0.1) is 10.1 Å². The average molecular weight is 510 g/mol. The monoisotopic (exact) mass is 509 g/mol. The molecule has 0 saturated carbocycles. The van der Waals surface area contributed by atoms with E-state index in [9.17, 15) is 10.1 Å². The van der Waals surface area contributed by atoms with Gasteiger partial charge in [-0.15, -0.1) is 0 Å². The number of rotatable bonds is 6. The van der Waals surface area contributed by atoms with Gasteiger partial charge in [0.1, 0.15) is 11.2 Å². The summed E-state index contributed by atoms with van der Waals surface area (Å²) in [5.74, 6) is 0. The van der Waals surface area contributed by atoms with Gasteiger partial charge in [-0.2, -0.15) is 5.10 Å². The third-order valence-corrected chi connectivity index (χ3v) is 6.52. The topological polar surface area (TPSA) is 61.0 Å². The highest BCUT2D eigenvalue weighted by Gasteiger charge is 2.39. The number of nitro benzene ring substituents is 1. The van der Waals surface area contributed by atoms with Gasteiger partial charge in [0.2, 0.25) is 0 Å². The van der Waals surface area contributed by atoms with Crippen molar-refractivity contribution in [3.8, 4) is 11.3 Å². The maximum Gasteiger partial charge on any atom is 0.269 e. The summed E-state index contributed by atoms with van der Waals surface area (Å²) < 4.78 is 2.78. The van der Waals surface area contributed by atoms with Crippen LogP contribution in [0.4, 0.5) is 5.69 Å². The average Bonchev–Trinajstić information content (AvgIpc) is 3.28. The van der Waals surface area contributed by atoms with E-state index in [-0.39, 0.29) is 5.69 Å². The Morgan fingerprint density at radius 3 is 1.56 bits per heavy atom. The first-order chi connectivity index (χ1) is 16.6. The first-order valence-electron chi connectivity index (χ1n) is 10.8. The fourth-order valence-corrected chi connectivity index (χ4v) is 4.90. The molecular formula is C28H20BrN3O2. The van der Waals surface area contributed by atoms with Crippen LogP contribution in [0.15, 0.2) is 126 Å². The van der Waals surface area contributed by atoms with Crippen molar-refractivity contribution in [2.45, 2.75) is 5.54 Å². The summed E-state index contributed by atoms with van der Waals surface area (Å²) in [6.07, 6.45) is 1.98. The number of hydrogen-bond acceptors (Lipinski definition) is 3. The van der Waals surface area contributed by atoms with Gasteiger partial charge in [0, 0.05) is 23.9 Å². The molecule has 0 unspecified atom stereocenters. The van der Waals surface area contributed by atoms with Crippen LogP contribution in [0.3, 0.4) is 0 Å². The van der Waals surface area contributed by atoms with Crippen LogP contribution in [-0.4, -0.2) is 14.7 Å². The smallest absolute Gasteiger partial charge is 0.258 e. The molecule has 0 aliphatic carbocycles. The Labute approximate surface area is 205 Å². The predicted molar refractivity (Wildman–Crippen MR) is 137 cm³/mol. The van der Waals surface area contributed by atoms with Crippen molar-refractivity contribution in [2.75, 3.05) is 0 Å². The summed E-state index contributed by atoms with van der Waals surface area (Å²) in [5, 5.41) is 16.2. The number of aromatic nitrogens is 2. The van der Waals surface area contributed by atoms with E-state index in [0.717, 1.165) is 26.7 Å². The van der Waals surface area contributed by atoms with Gasteiger partial charge in [0.05, 0.1) is 9.40 Å². The Morgan fingerprint density at radius 2 is 1.15 bits per heavy atom. The van der Waals surface area contributed by atoms with Crippen LogP contribution < -0.4 is 0 Å². The van der Waals surface area contributed by atoms with E-state index in [4.69, 9.17) is 5.10 Å². The quantitative estimate of drug-likeness (QED) is 0.140. The van der Waals surface area contributed by atoms with E-state index in [1.807, 2.05) is 65.5 Å². The zero-order valence-corrected chi connectivity index (χ0v) is 19.7. The highest BCUT2D eigenvalue weighted by atomic mass is 79.9. The molecule has 0 bridgehead atoms.